The number of anilines is 1. The van der Waals surface area contributed by atoms with Gasteiger partial charge in [-0.15, -0.1) is 0 Å². The van der Waals surface area contributed by atoms with E-state index in [9.17, 15) is 10.2 Å². The number of halogens is 1. The zero-order chi connectivity index (χ0) is 15.8. The quantitative estimate of drug-likeness (QED) is 0.784. The molecule has 4 nitrogen and oxygen atoms in total. The summed E-state index contributed by atoms with van der Waals surface area (Å²) in [5.41, 5.74) is 0.960. The third kappa shape index (κ3) is 5.22. The fourth-order valence-corrected chi connectivity index (χ4v) is 2.24. The highest BCUT2D eigenvalue weighted by Gasteiger charge is 2.13. The second-order valence-electron chi connectivity index (χ2n) is 4.92. The van der Waals surface area contributed by atoms with E-state index in [0.29, 0.717) is 23.9 Å². The van der Waals surface area contributed by atoms with Gasteiger partial charge in [0.2, 0.25) is 0 Å². The average Bonchev–Trinajstić information content (AvgIpc) is 2.55. The van der Waals surface area contributed by atoms with Gasteiger partial charge in [0, 0.05) is 23.8 Å². The maximum atomic E-state index is 10.1. The van der Waals surface area contributed by atoms with Gasteiger partial charge in [0.05, 0.1) is 6.61 Å². The Morgan fingerprint density at radius 3 is 2.36 bits per heavy atom. The van der Waals surface area contributed by atoms with Gasteiger partial charge in [0.15, 0.2) is 0 Å². The van der Waals surface area contributed by atoms with E-state index in [2.05, 4.69) is 0 Å². The van der Waals surface area contributed by atoms with Crippen LogP contribution in [0.5, 0.6) is 5.75 Å². The molecule has 0 bridgehead atoms. The highest BCUT2D eigenvalue weighted by atomic mass is 35.5. The number of hydrogen-bond donors (Lipinski definition) is 2. The van der Waals surface area contributed by atoms with Crippen molar-refractivity contribution in [1.82, 2.24) is 0 Å². The lowest BCUT2D eigenvalue weighted by Gasteiger charge is -2.26. The van der Waals surface area contributed by atoms with Crippen LogP contribution in [0.1, 0.15) is 0 Å². The van der Waals surface area contributed by atoms with Gasteiger partial charge in [0.1, 0.15) is 18.5 Å². The van der Waals surface area contributed by atoms with Gasteiger partial charge in [-0.2, -0.15) is 0 Å². The molecule has 0 saturated heterocycles. The number of benzene rings is 2. The summed E-state index contributed by atoms with van der Waals surface area (Å²) in [5, 5.41) is 20.0. The smallest absolute Gasteiger partial charge is 0.119 e. The predicted molar refractivity (Wildman–Crippen MR) is 88.7 cm³/mol. The summed E-state index contributed by atoms with van der Waals surface area (Å²) in [7, 11) is 0. The van der Waals surface area contributed by atoms with Crippen molar-refractivity contribution >= 4 is 17.3 Å². The Morgan fingerprint density at radius 1 is 1.05 bits per heavy atom. The lowest BCUT2D eigenvalue weighted by atomic mass is 10.2. The Kier molecular flexibility index (Phi) is 6.52. The molecule has 0 saturated carbocycles. The predicted octanol–water partition coefficient (Wildman–Crippen LogP) is 2.58. The Hall–Kier alpha value is -1.75. The molecular formula is C17H20ClNO3. The van der Waals surface area contributed by atoms with Crippen molar-refractivity contribution in [1.29, 1.82) is 0 Å². The van der Waals surface area contributed by atoms with Crippen molar-refractivity contribution in [2.75, 3.05) is 31.2 Å². The first-order valence-corrected chi connectivity index (χ1v) is 7.54. The molecule has 0 aromatic heterocycles. The average molecular weight is 322 g/mol. The van der Waals surface area contributed by atoms with Gasteiger partial charge < -0.3 is 19.8 Å². The summed E-state index contributed by atoms with van der Waals surface area (Å²) in [6.07, 6.45) is -0.664. The van der Waals surface area contributed by atoms with Crippen LogP contribution in [0.3, 0.4) is 0 Å². The van der Waals surface area contributed by atoms with Crippen molar-refractivity contribution in [3.8, 4) is 5.75 Å². The van der Waals surface area contributed by atoms with Crippen LogP contribution in [0.2, 0.25) is 5.02 Å². The van der Waals surface area contributed by atoms with E-state index in [1.54, 1.807) is 24.3 Å². The SMILES string of the molecule is OCCN(CC(O)COc1ccc(Cl)cc1)c1ccccc1. The minimum absolute atomic E-state index is 0.0274. The Morgan fingerprint density at radius 2 is 1.73 bits per heavy atom. The molecule has 0 spiro atoms. The summed E-state index contributed by atoms with van der Waals surface area (Å²) in [6, 6.07) is 16.7. The molecule has 0 radical (unpaired) electrons. The lowest BCUT2D eigenvalue weighted by Crippen LogP contribution is -2.37. The molecule has 1 atom stereocenters. The molecule has 0 aliphatic carbocycles. The highest BCUT2D eigenvalue weighted by Crippen LogP contribution is 2.16. The summed E-state index contributed by atoms with van der Waals surface area (Å²) >= 11 is 5.81. The molecule has 0 fully saturated rings. The summed E-state index contributed by atoms with van der Waals surface area (Å²) < 4.78 is 5.54. The monoisotopic (exact) mass is 321 g/mol. The van der Waals surface area contributed by atoms with Gasteiger partial charge in [-0.1, -0.05) is 29.8 Å². The molecule has 2 aromatic carbocycles. The van der Waals surface area contributed by atoms with E-state index in [0.717, 1.165) is 5.69 Å². The zero-order valence-corrected chi connectivity index (χ0v) is 13.0. The van der Waals surface area contributed by atoms with Gasteiger partial charge in [-0.05, 0) is 36.4 Å². The molecule has 5 heteroatoms. The second kappa shape index (κ2) is 8.63. The van der Waals surface area contributed by atoms with Crippen LogP contribution in [0.4, 0.5) is 5.69 Å². The summed E-state index contributed by atoms with van der Waals surface area (Å²) in [4.78, 5) is 1.93. The van der Waals surface area contributed by atoms with Gasteiger partial charge in [0.25, 0.3) is 0 Å². The van der Waals surface area contributed by atoms with Crippen molar-refractivity contribution in [2.45, 2.75) is 6.10 Å². The maximum absolute atomic E-state index is 10.1. The number of para-hydroxylation sites is 1. The van der Waals surface area contributed by atoms with Gasteiger partial charge >= 0.3 is 0 Å². The van der Waals surface area contributed by atoms with Crippen LogP contribution >= 0.6 is 11.6 Å². The van der Waals surface area contributed by atoms with Gasteiger partial charge in [-0.25, -0.2) is 0 Å². The molecular weight excluding hydrogens is 302 g/mol. The fourth-order valence-electron chi connectivity index (χ4n) is 2.12. The van der Waals surface area contributed by atoms with E-state index in [1.165, 1.54) is 0 Å². The van der Waals surface area contributed by atoms with Crippen LogP contribution in [0, 0.1) is 0 Å². The Bertz CT molecular complexity index is 548. The number of rotatable bonds is 8. The zero-order valence-electron chi connectivity index (χ0n) is 12.2. The minimum Gasteiger partial charge on any atom is -0.491 e. The van der Waals surface area contributed by atoms with Crippen LogP contribution in [-0.2, 0) is 0 Å². The number of aliphatic hydroxyl groups is 2. The minimum atomic E-state index is -0.664. The first-order valence-electron chi connectivity index (χ1n) is 7.16. The normalized spacial score (nSPS) is 12.0. The molecule has 0 aliphatic heterocycles. The van der Waals surface area contributed by atoms with E-state index in [-0.39, 0.29) is 13.2 Å². The molecule has 22 heavy (non-hydrogen) atoms. The number of aliphatic hydroxyl groups excluding tert-OH is 2. The number of nitrogens with zero attached hydrogens (tertiary/aromatic N) is 1. The van der Waals surface area contributed by atoms with Crippen LogP contribution in [0.15, 0.2) is 54.6 Å². The molecule has 2 aromatic rings. The third-order valence-electron chi connectivity index (χ3n) is 3.18. The van der Waals surface area contributed by atoms with E-state index >= 15 is 0 Å². The van der Waals surface area contributed by atoms with Crippen molar-refractivity contribution < 1.29 is 14.9 Å². The van der Waals surface area contributed by atoms with E-state index < -0.39 is 6.10 Å². The van der Waals surface area contributed by atoms with Gasteiger partial charge in [-0.3, -0.25) is 0 Å². The lowest BCUT2D eigenvalue weighted by molar-refractivity contribution is 0.111. The summed E-state index contributed by atoms with van der Waals surface area (Å²) in [6.45, 7) is 1.05. The van der Waals surface area contributed by atoms with Crippen LogP contribution in [-0.4, -0.2) is 42.6 Å². The summed E-state index contributed by atoms with van der Waals surface area (Å²) in [5.74, 6) is 0.664. The Balaban J connectivity index is 1.88. The third-order valence-corrected chi connectivity index (χ3v) is 3.43. The van der Waals surface area contributed by atoms with E-state index in [1.807, 2.05) is 35.2 Å². The topological polar surface area (TPSA) is 52.9 Å². The Labute approximate surface area is 135 Å². The molecule has 2 N–H and O–H groups in total. The molecule has 0 amide bonds. The number of ether oxygens (including phenoxy) is 1. The van der Waals surface area contributed by atoms with Crippen molar-refractivity contribution in [3.05, 3.63) is 59.6 Å². The van der Waals surface area contributed by atoms with Crippen LogP contribution in [0.25, 0.3) is 0 Å². The van der Waals surface area contributed by atoms with Crippen LogP contribution < -0.4 is 9.64 Å². The fraction of sp³-hybridized carbons (Fsp3) is 0.294. The molecule has 118 valence electrons. The molecule has 0 aliphatic rings. The first kappa shape index (κ1) is 16.6. The first-order chi connectivity index (χ1) is 10.7. The standard InChI is InChI=1S/C17H20ClNO3/c18-14-6-8-17(9-7-14)22-13-16(21)12-19(10-11-20)15-4-2-1-3-5-15/h1-9,16,20-21H,10-13H2. The molecule has 1 unspecified atom stereocenters. The number of hydrogen-bond acceptors (Lipinski definition) is 4. The van der Waals surface area contributed by atoms with Crippen molar-refractivity contribution in [2.24, 2.45) is 0 Å². The maximum Gasteiger partial charge on any atom is 0.119 e. The molecule has 0 heterocycles. The van der Waals surface area contributed by atoms with Crippen molar-refractivity contribution in [3.63, 3.8) is 0 Å². The largest absolute Gasteiger partial charge is 0.491 e. The second-order valence-corrected chi connectivity index (χ2v) is 5.36. The highest BCUT2D eigenvalue weighted by molar-refractivity contribution is 6.30. The molecule has 2 rings (SSSR count). The van der Waals surface area contributed by atoms with E-state index in [4.69, 9.17) is 16.3 Å².